The molecule has 0 radical (unpaired) electrons. The maximum atomic E-state index is 13.3. The van der Waals surface area contributed by atoms with Gasteiger partial charge in [0, 0.05) is 0 Å². The van der Waals surface area contributed by atoms with Crippen molar-refractivity contribution in [2.24, 2.45) is 5.92 Å². The number of halogens is 12. The summed E-state index contributed by atoms with van der Waals surface area (Å²) in [4.78, 5) is 11.1. The minimum Gasteiger partial charge on any atom is -0.459 e. The van der Waals surface area contributed by atoms with Gasteiger partial charge < -0.3 is 4.74 Å². The maximum absolute atomic E-state index is 13.3. The molecule has 1 unspecified atom stereocenters. The van der Waals surface area contributed by atoms with E-state index in [9.17, 15) is 57.5 Å². The SMILES string of the molecule is C.C.CCC(C)C(=O)OCC(F)(F)C(F)(F)C(F)(F)C(F)(F)C(F)(F)C(F)F. The van der Waals surface area contributed by atoms with Crippen molar-refractivity contribution in [3.8, 4) is 0 Å². The van der Waals surface area contributed by atoms with Crippen molar-refractivity contribution in [1.29, 1.82) is 0 Å². The van der Waals surface area contributed by atoms with Crippen LogP contribution in [0.2, 0.25) is 0 Å². The molecule has 0 spiro atoms. The molecule has 0 aromatic carbocycles. The van der Waals surface area contributed by atoms with Gasteiger partial charge in [-0.3, -0.25) is 4.79 Å². The van der Waals surface area contributed by atoms with Crippen LogP contribution in [0, 0.1) is 5.92 Å². The van der Waals surface area contributed by atoms with Gasteiger partial charge in [0.05, 0.1) is 5.92 Å². The number of rotatable bonds is 9. The van der Waals surface area contributed by atoms with E-state index in [4.69, 9.17) is 0 Å². The average Bonchev–Trinajstić information content (AvgIpc) is 2.50. The summed E-state index contributed by atoms with van der Waals surface area (Å²) in [7, 11) is 0. The van der Waals surface area contributed by atoms with Crippen molar-refractivity contribution in [3.63, 3.8) is 0 Å². The largest absolute Gasteiger partial charge is 0.459 e. The number of carbonyl (C=O) groups excluding carboxylic acids is 1. The summed E-state index contributed by atoms with van der Waals surface area (Å²) in [6, 6.07) is 0. The van der Waals surface area contributed by atoms with Crippen molar-refractivity contribution >= 4 is 5.97 Å². The zero-order valence-corrected chi connectivity index (χ0v) is 12.9. The standard InChI is InChI=1S/C12H12F12O2.2CH4/c1-3-5(2)6(25)26-4-8(15,16)10(19,20)12(23,24)11(21,22)9(17,18)7(13)14;;/h5,7H,3-4H2,1-2H3;2*1H4. The zero-order valence-electron chi connectivity index (χ0n) is 12.9. The Morgan fingerprint density at radius 1 is 0.821 bits per heavy atom. The Morgan fingerprint density at radius 3 is 1.54 bits per heavy atom. The topological polar surface area (TPSA) is 26.3 Å². The molecule has 1 atom stereocenters. The zero-order chi connectivity index (χ0) is 21.4. The molecule has 0 N–H and O–H groups in total. The highest BCUT2D eigenvalue weighted by molar-refractivity contribution is 5.71. The van der Waals surface area contributed by atoms with Crippen molar-refractivity contribution in [1.82, 2.24) is 0 Å². The predicted molar refractivity (Wildman–Crippen MR) is 74.6 cm³/mol. The minimum absolute atomic E-state index is 0. The normalized spacial score (nSPS) is 14.8. The highest BCUT2D eigenvalue weighted by Gasteiger charge is 2.87. The molecule has 0 fully saturated rings. The van der Waals surface area contributed by atoms with Gasteiger partial charge in [-0.05, 0) is 6.42 Å². The van der Waals surface area contributed by atoms with E-state index >= 15 is 0 Å². The van der Waals surface area contributed by atoms with E-state index in [2.05, 4.69) is 4.74 Å². The van der Waals surface area contributed by atoms with Crippen molar-refractivity contribution in [2.45, 2.75) is 71.2 Å². The summed E-state index contributed by atoms with van der Waals surface area (Å²) in [6.07, 6.45) is -5.62. The van der Waals surface area contributed by atoms with Crippen molar-refractivity contribution in [2.75, 3.05) is 6.61 Å². The van der Waals surface area contributed by atoms with Gasteiger partial charge >= 0.3 is 42.0 Å². The highest BCUT2D eigenvalue weighted by atomic mass is 19.4. The third-order valence-electron chi connectivity index (χ3n) is 3.35. The van der Waals surface area contributed by atoms with Crippen LogP contribution in [-0.2, 0) is 9.53 Å². The second kappa shape index (κ2) is 9.42. The summed E-state index contributed by atoms with van der Waals surface area (Å²) >= 11 is 0. The summed E-state index contributed by atoms with van der Waals surface area (Å²) in [5.74, 6) is -38.5. The molecule has 0 amide bonds. The minimum atomic E-state index is -7.62. The lowest BCUT2D eigenvalue weighted by molar-refractivity contribution is -0.414. The van der Waals surface area contributed by atoms with E-state index in [1.165, 1.54) is 6.92 Å². The van der Waals surface area contributed by atoms with Gasteiger partial charge in [-0.15, -0.1) is 0 Å². The molecule has 0 rings (SSSR count). The van der Waals surface area contributed by atoms with Crippen LogP contribution in [0.3, 0.4) is 0 Å². The highest BCUT2D eigenvalue weighted by Crippen LogP contribution is 2.58. The second-order valence-corrected chi connectivity index (χ2v) is 5.27. The molecular formula is C14H20F12O2. The first-order valence-corrected chi connectivity index (χ1v) is 6.65. The Hall–Kier alpha value is -1.37. The molecule has 0 aromatic heterocycles. The molecule has 28 heavy (non-hydrogen) atoms. The van der Waals surface area contributed by atoms with E-state index < -0.39 is 54.5 Å². The Kier molecular flexibility index (Phi) is 10.5. The lowest BCUT2D eigenvalue weighted by Gasteiger charge is -2.38. The van der Waals surface area contributed by atoms with Crippen molar-refractivity contribution in [3.05, 3.63) is 0 Å². The van der Waals surface area contributed by atoms with Crippen molar-refractivity contribution < 1.29 is 62.2 Å². The van der Waals surface area contributed by atoms with Gasteiger partial charge in [0.1, 0.15) is 0 Å². The Morgan fingerprint density at radius 2 is 1.21 bits per heavy atom. The fraction of sp³-hybridized carbons (Fsp3) is 0.929. The van der Waals surface area contributed by atoms with Crippen LogP contribution < -0.4 is 0 Å². The maximum Gasteiger partial charge on any atom is 0.384 e. The molecule has 0 aliphatic rings. The Bertz CT molecular complexity index is 505. The van der Waals surface area contributed by atoms with Gasteiger partial charge in [0.15, 0.2) is 6.61 Å². The first kappa shape index (κ1) is 31.3. The summed E-state index contributed by atoms with van der Waals surface area (Å²) in [5, 5.41) is 0. The molecule has 0 aliphatic carbocycles. The number of hydrogen-bond acceptors (Lipinski definition) is 2. The van der Waals surface area contributed by atoms with Crippen LogP contribution in [0.1, 0.15) is 35.1 Å². The summed E-state index contributed by atoms with van der Waals surface area (Å²) in [6.45, 7) is -0.487. The quantitative estimate of drug-likeness (QED) is 0.306. The van der Waals surface area contributed by atoms with Crippen LogP contribution in [0.25, 0.3) is 0 Å². The van der Waals surface area contributed by atoms with E-state index in [0.29, 0.717) is 0 Å². The predicted octanol–water partition coefficient (Wildman–Crippen LogP) is 6.29. The molecule has 0 bridgehead atoms. The smallest absolute Gasteiger partial charge is 0.384 e. The second-order valence-electron chi connectivity index (χ2n) is 5.27. The molecular weight excluding hydrogens is 428 g/mol. The monoisotopic (exact) mass is 448 g/mol. The number of ether oxygens (including phenoxy) is 1. The third-order valence-corrected chi connectivity index (χ3v) is 3.35. The lowest BCUT2D eigenvalue weighted by atomic mass is 9.94. The van der Waals surface area contributed by atoms with Gasteiger partial charge in [-0.2, -0.15) is 43.9 Å². The van der Waals surface area contributed by atoms with Crippen LogP contribution >= 0.6 is 0 Å². The van der Waals surface area contributed by atoms with E-state index in [-0.39, 0.29) is 21.3 Å². The number of esters is 1. The van der Waals surface area contributed by atoms with Gasteiger partial charge in [0.2, 0.25) is 0 Å². The van der Waals surface area contributed by atoms with E-state index in [1.54, 1.807) is 0 Å². The summed E-state index contributed by atoms with van der Waals surface area (Å²) in [5.41, 5.74) is 0. The Balaban J connectivity index is -0.00000312. The first-order chi connectivity index (χ1) is 11.3. The van der Waals surface area contributed by atoms with E-state index in [0.717, 1.165) is 6.92 Å². The lowest BCUT2D eigenvalue weighted by Crippen LogP contribution is -2.69. The molecule has 0 aliphatic heterocycles. The molecule has 0 heterocycles. The summed E-state index contributed by atoms with van der Waals surface area (Å²) < 4.78 is 158. The van der Waals surface area contributed by atoms with Crippen LogP contribution in [0.15, 0.2) is 0 Å². The van der Waals surface area contributed by atoms with Gasteiger partial charge in [0.25, 0.3) is 0 Å². The number of alkyl halides is 12. The average molecular weight is 448 g/mol. The number of hydrogen-bond donors (Lipinski definition) is 0. The molecule has 0 saturated carbocycles. The molecule has 0 saturated heterocycles. The van der Waals surface area contributed by atoms with Gasteiger partial charge in [-0.25, -0.2) is 8.78 Å². The van der Waals surface area contributed by atoms with Crippen LogP contribution in [-0.4, -0.2) is 48.6 Å². The fourth-order valence-electron chi connectivity index (χ4n) is 1.33. The third kappa shape index (κ3) is 4.97. The fourth-order valence-corrected chi connectivity index (χ4v) is 1.33. The van der Waals surface area contributed by atoms with E-state index in [1.807, 2.05) is 0 Å². The van der Waals surface area contributed by atoms with Crippen LogP contribution in [0.5, 0.6) is 0 Å². The molecule has 2 nitrogen and oxygen atoms in total. The molecule has 172 valence electrons. The number of carbonyl (C=O) groups is 1. The molecule has 14 heteroatoms. The molecule has 0 aromatic rings. The Labute approximate surface area is 153 Å². The van der Waals surface area contributed by atoms with Crippen LogP contribution in [0.4, 0.5) is 52.7 Å². The first-order valence-electron chi connectivity index (χ1n) is 6.65. The van der Waals surface area contributed by atoms with Gasteiger partial charge in [-0.1, -0.05) is 28.7 Å².